The number of hydrogen-bond acceptors (Lipinski definition) is 4. The monoisotopic (exact) mass is 249 g/mol. The number of benzene rings is 1. The van der Waals surface area contributed by atoms with Crippen molar-refractivity contribution in [2.75, 3.05) is 20.3 Å². The van der Waals surface area contributed by atoms with Gasteiger partial charge in [-0.3, -0.25) is 0 Å². The molecule has 1 heterocycles. The van der Waals surface area contributed by atoms with E-state index >= 15 is 0 Å². The molecule has 98 valence electrons. The Morgan fingerprint density at radius 2 is 2.11 bits per heavy atom. The second kappa shape index (κ2) is 5.31. The molecule has 0 aromatic heterocycles. The van der Waals surface area contributed by atoms with Crippen LogP contribution in [0.25, 0.3) is 6.08 Å². The minimum absolute atomic E-state index is 0.0317. The van der Waals surface area contributed by atoms with Crippen LogP contribution in [0.15, 0.2) is 17.7 Å². The number of rotatable bonds is 3. The van der Waals surface area contributed by atoms with Gasteiger partial charge in [-0.1, -0.05) is 11.6 Å². The molecule has 4 nitrogen and oxygen atoms in total. The zero-order valence-electron chi connectivity index (χ0n) is 11.0. The van der Waals surface area contributed by atoms with E-state index in [1.54, 1.807) is 7.11 Å². The van der Waals surface area contributed by atoms with Crippen molar-refractivity contribution in [3.63, 3.8) is 0 Å². The predicted molar refractivity (Wildman–Crippen MR) is 71.3 cm³/mol. The van der Waals surface area contributed by atoms with Crippen molar-refractivity contribution in [3.05, 3.63) is 23.3 Å². The summed E-state index contributed by atoms with van der Waals surface area (Å²) in [7, 11) is 1.62. The Balaban J connectivity index is 2.41. The van der Waals surface area contributed by atoms with Crippen LogP contribution in [0.2, 0.25) is 0 Å². The van der Waals surface area contributed by atoms with Crippen LogP contribution in [0.1, 0.15) is 19.4 Å². The summed E-state index contributed by atoms with van der Waals surface area (Å²) in [5.74, 6) is 2.10. The van der Waals surface area contributed by atoms with Gasteiger partial charge < -0.3 is 19.9 Å². The first-order chi connectivity index (χ1) is 8.61. The maximum absolute atomic E-state index is 5.84. The van der Waals surface area contributed by atoms with Crippen LogP contribution in [0.4, 0.5) is 0 Å². The van der Waals surface area contributed by atoms with Crippen molar-refractivity contribution < 1.29 is 14.2 Å². The van der Waals surface area contributed by atoms with E-state index in [1.165, 1.54) is 0 Å². The minimum Gasteiger partial charge on any atom is -0.493 e. The van der Waals surface area contributed by atoms with Crippen LogP contribution >= 0.6 is 0 Å². The Morgan fingerprint density at radius 1 is 1.39 bits per heavy atom. The van der Waals surface area contributed by atoms with Gasteiger partial charge in [-0.25, -0.2) is 0 Å². The van der Waals surface area contributed by atoms with Gasteiger partial charge in [0.2, 0.25) is 5.75 Å². The Labute approximate surface area is 107 Å². The quantitative estimate of drug-likeness (QED) is 0.892. The van der Waals surface area contributed by atoms with E-state index in [-0.39, 0.29) is 6.04 Å². The Bertz CT molecular complexity index is 449. The highest BCUT2D eigenvalue weighted by molar-refractivity contribution is 5.64. The third kappa shape index (κ3) is 2.59. The molecule has 1 aliphatic rings. The first-order valence-electron chi connectivity index (χ1n) is 6.03. The maximum atomic E-state index is 5.84. The third-order valence-corrected chi connectivity index (χ3v) is 2.96. The molecule has 2 rings (SSSR count). The van der Waals surface area contributed by atoms with E-state index in [0.29, 0.717) is 24.7 Å². The highest BCUT2D eigenvalue weighted by Gasteiger charge is 2.17. The van der Waals surface area contributed by atoms with Gasteiger partial charge in [-0.15, -0.1) is 0 Å². The molecule has 0 amide bonds. The molecule has 0 spiro atoms. The largest absolute Gasteiger partial charge is 0.493 e. The van der Waals surface area contributed by atoms with Crippen molar-refractivity contribution in [2.45, 2.75) is 19.9 Å². The first-order valence-corrected chi connectivity index (χ1v) is 6.03. The maximum Gasteiger partial charge on any atom is 0.203 e. The second-order valence-electron chi connectivity index (χ2n) is 4.42. The summed E-state index contributed by atoms with van der Waals surface area (Å²) < 4.78 is 16.5. The summed E-state index contributed by atoms with van der Waals surface area (Å²) in [6.45, 7) is 5.09. The van der Waals surface area contributed by atoms with E-state index in [1.807, 2.05) is 32.1 Å². The third-order valence-electron chi connectivity index (χ3n) is 2.96. The fourth-order valence-electron chi connectivity index (χ4n) is 1.77. The van der Waals surface area contributed by atoms with Gasteiger partial charge in [0.15, 0.2) is 11.5 Å². The Kier molecular flexibility index (Phi) is 3.77. The van der Waals surface area contributed by atoms with E-state index in [0.717, 1.165) is 16.9 Å². The average Bonchev–Trinajstić information content (AvgIpc) is 2.37. The lowest BCUT2D eigenvalue weighted by Gasteiger charge is -2.21. The van der Waals surface area contributed by atoms with Crippen molar-refractivity contribution in [1.29, 1.82) is 0 Å². The normalized spacial score (nSPS) is 16.3. The molecule has 0 bridgehead atoms. The first kappa shape index (κ1) is 12.8. The van der Waals surface area contributed by atoms with Gasteiger partial charge in [-0.2, -0.15) is 0 Å². The molecule has 0 aliphatic carbocycles. The SMILES string of the molecule is COc1cc(/C=C(/C)C(C)N)cc2c1OCCO2. The van der Waals surface area contributed by atoms with E-state index < -0.39 is 0 Å². The summed E-state index contributed by atoms with van der Waals surface area (Å²) in [6.07, 6.45) is 2.03. The summed E-state index contributed by atoms with van der Waals surface area (Å²) >= 11 is 0. The highest BCUT2D eigenvalue weighted by Crippen LogP contribution is 2.40. The van der Waals surface area contributed by atoms with Gasteiger partial charge in [0.1, 0.15) is 13.2 Å². The number of methoxy groups -OCH3 is 1. The molecule has 2 N–H and O–H groups in total. The summed E-state index contributed by atoms with van der Waals surface area (Å²) in [5, 5.41) is 0. The van der Waals surface area contributed by atoms with Crippen LogP contribution in [0.5, 0.6) is 17.2 Å². The summed E-state index contributed by atoms with van der Waals surface area (Å²) in [5.41, 5.74) is 7.95. The predicted octanol–water partition coefficient (Wildman–Crippen LogP) is 2.22. The molecule has 1 aromatic rings. The number of fused-ring (bicyclic) bond motifs is 1. The molecule has 1 aliphatic heterocycles. The highest BCUT2D eigenvalue weighted by atomic mass is 16.6. The lowest BCUT2D eigenvalue weighted by atomic mass is 10.1. The smallest absolute Gasteiger partial charge is 0.203 e. The lowest BCUT2D eigenvalue weighted by molar-refractivity contribution is 0.165. The summed E-state index contributed by atoms with van der Waals surface area (Å²) in [6, 6.07) is 3.91. The molecular weight excluding hydrogens is 230 g/mol. The molecule has 1 atom stereocenters. The van der Waals surface area contributed by atoms with Gasteiger partial charge >= 0.3 is 0 Å². The van der Waals surface area contributed by atoms with Crippen molar-refractivity contribution in [3.8, 4) is 17.2 Å². The Hall–Kier alpha value is -1.68. The number of ether oxygens (including phenoxy) is 3. The average molecular weight is 249 g/mol. The molecule has 0 fully saturated rings. The molecule has 4 heteroatoms. The molecule has 18 heavy (non-hydrogen) atoms. The van der Waals surface area contributed by atoms with Gasteiger partial charge in [0.05, 0.1) is 7.11 Å². The molecule has 0 saturated heterocycles. The van der Waals surface area contributed by atoms with E-state index in [2.05, 4.69) is 0 Å². The van der Waals surface area contributed by atoms with Crippen LogP contribution < -0.4 is 19.9 Å². The van der Waals surface area contributed by atoms with Crippen LogP contribution in [-0.2, 0) is 0 Å². The van der Waals surface area contributed by atoms with E-state index in [4.69, 9.17) is 19.9 Å². The summed E-state index contributed by atoms with van der Waals surface area (Å²) in [4.78, 5) is 0. The molecule has 0 saturated carbocycles. The minimum atomic E-state index is 0.0317. The zero-order valence-corrected chi connectivity index (χ0v) is 11.0. The zero-order chi connectivity index (χ0) is 13.1. The van der Waals surface area contributed by atoms with Crippen molar-refractivity contribution >= 4 is 6.08 Å². The standard InChI is InChI=1S/C14H19NO3/c1-9(10(2)15)6-11-7-12(16-3)14-13(8-11)17-4-5-18-14/h6-8,10H,4-5,15H2,1-3H3/b9-6-. The van der Waals surface area contributed by atoms with Gasteiger partial charge in [0.25, 0.3) is 0 Å². The second-order valence-corrected chi connectivity index (χ2v) is 4.42. The lowest BCUT2D eigenvalue weighted by Crippen LogP contribution is -2.16. The number of nitrogens with two attached hydrogens (primary N) is 1. The molecule has 1 unspecified atom stereocenters. The fraction of sp³-hybridized carbons (Fsp3) is 0.429. The topological polar surface area (TPSA) is 53.7 Å². The van der Waals surface area contributed by atoms with Crippen molar-refractivity contribution in [2.24, 2.45) is 5.73 Å². The van der Waals surface area contributed by atoms with Crippen LogP contribution in [-0.4, -0.2) is 26.4 Å². The fourth-order valence-corrected chi connectivity index (χ4v) is 1.77. The van der Waals surface area contributed by atoms with Crippen molar-refractivity contribution in [1.82, 2.24) is 0 Å². The van der Waals surface area contributed by atoms with Crippen LogP contribution in [0, 0.1) is 0 Å². The van der Waals surface area contributed by atoms with E-state index in [9.17, 15) is 0 Å². The number of hydrogen-bond donors (Lipinski definition) is 1. The van der Waals surface area contributed by atoms with Gasteiger partial charge in [-0.05, 0) is 31.5 Å². The van der Waals surface area contributed by atoms with Crippen LogP contribution in [0.3, 0.4) is 0 Å². The molecule has 1 aromatic carbocycles. The van der Waals surface area contributed by atoms with Gasteiger partial charge in [0, 0.05) is 6.04 Å². The molecule has 0 radical (unpaired) electrons. The molecular formula is C14H19NO3. The Morgan fingerprint density at radius 3 is 2.78 bits per heavy atom.